The number of nitrogens with two attached hydrogens (primary N) is 1. The summed E-state index contributed by atoms with van der Waals surface area (Å²) in [5.41, 5.74) is 6.06. The van der Waals surface area contributed by atoms with Gasteiger partial charge in [-0.1, -0.05) is 32.8 Å². The minimum absolute atomic E-state index is 0.185. The lowest BCUT2D eigenvalue weighted by atomic mass is 9.84. The van der Waals surface area contributed by atoms with Gasteiger partial charge in [0.05, 0.1) is 0 Å². The van der Waals surface area contributed by atoms with Gasteiger partial charge in [-0.2, -0.15) is 0 Å². The van der Waals surface area contributed by atoms with Crippen molar-refractivity contribution in [1.82, 2.24) is 5.32 Å². The second kappa shape index (κ2) is 10.0. The lowest BCUT2D eigenvalue weighted by Gasteiger charge is -2.37. The Morgan fingerprint density at radius 2 is 1.85 bits per heavy atom. The van der Waals surface area contributed by atoms with E-state index in [2.05, 4.69) is 19.2 Å². The van der Waals surface area contributed by atoms with Gasteiger partial charge in [-0.3, -0.25) is 15.3 Å². The average molecular weight is 381 g/mol. The molecule has 6 heteroatoms. The number of esters is 1. The number of amides is 1. The number of carbonyl (C=O) groups is 2. The van der Waals surface area contributed by atoms with Crippen molar-refractivity contribution in [2.24, 2.45) is 11.7 Å². The van der Waals surface area contributed by atoms with Crippen LogP contribution in [-0.4, -0.2) is 29.8 Å². The van der Waals surface area contributed by atoms with Crippen molar-refractivity contribution >= 4 is 11.9 Å². The van der Waals surface area contributed by atoms with Crippen molar-refractivity contribution in [3.8, 4) is 0 Å². The second-order valence-electron chi connectivity index (χ2n) is 8.10. The summed E-state index contributed by atoms with van der Waals surface area (Å²) in [4.78, 5) is 24.5. The van der Waals surface area contributed by atoms with Gasteiger partial charge >= 0.3 is 5.97 Å². The summed E-state index contributed by atoms with van der Waals surface area (Å²) in [5, 5.41) is 2.84. The highest BCUT2D eigenvalue weighted by Crippen LogP contribution is 2.34. The molecule has 0 aliphatic heterocycles. The molecule has 1 amide bonds. The number of nitrogens with one attached hydrogen (secondary N) is 1. The van der Waals surface area contributed by atoms with Crippen LogP contribution in [0.15, 0.2) is 23.4 Å². The second-order valence-corrected chi connectivity index (χ2v) is 8.10. The molecule has 3 N–H and O–H groups in total. The molecule has 0 fully saturated rings. The number of unbranched alkanes of at least 4 members (excludes halogenated alkanes) is 2. The van der Waals surface area contributed by atoms with E-state index in [1.54, 1.807) is 12.2 Å². The maximum atomic E-state index is 12.9. The summed E-state index contributed by atoms with van der Waals surface area (Å²) in [6, 6.07) is 0. The summed E-state index contributed by atoms with van der Waals surface area (Å²) in [6.45, 7) is 11.5. The van der Waals surface area contributed by atoms with Crippen LogP contribution in [0.4, 0.5) is 0 Å². The number of ether oxygens (including phenoxy) is 2. The molecule has 1 aliphatic carbocycles. The molecular weight excluding hydrogens is 344 g/mol. The Balaban J connectivity index is 3.26. The summed E-state index contributed by atoms with van der Waals surface area (Å²) in [7, 11) is 0. The number of hydrogen-bond donors (Lipinski definition) is 2. The molecular formula is C21H36N2O4. The average Bonchev–Trinajstić information content (AvgIpc) is 2.52. The molecule has 0 radical (unpaired) electrons. The van der Waals surface area contributed by atoms with E-state index in [1.807, 2.05) is 20.8 Å². The van der Waals surface area contributed by atoms with Crippen LogP contribution in [-0.2, 0) is 19.1 Å². The number of hydrogen-bond acceptors (Lipinski definition) is 5. The minimum atomic E-state index is -1.36. The third kappa shape index (κ3) is 7.46. The van der Waals surface area contributed by atoms with E-state index in [0.717, 1.165) is 37.7 Å². The molecule has 0 aromatic heterocycles. The van der Waals surface area contributed by atoms with Crippen LogP contribution >= 0.6 is 0 Å². The molecule has 0 aromatic carbocycles. The molecule has 0 saturated carbocycles. The third-order valence-electron chi connectivity index (χ3n) is 4.19. The summed E-state index contributed by atoms with van der Waals surface area (Å²) < 4.78 is 11.5. The highest BCUT2D eigenvalue weighted by molar-refractivity contribution is 5.80. The Bertz CT molecular complexity index is 589. The van der Waals surface area contributed by atoms with Crippen molar-refractivity contribution in [3.63, 3.8) is 0 Å². The Morgan fingerprint density at radius 1 is 1.22 bits per heavy atom. The van der Waals surface area contributed by atoms with E-state index in [4.69, 9.17) is 15.2 Å². The van der Waals surface area contributed by atoms with Crippen molar-refractivity contribution in [1.29, 1.82) is 0 Å². The third-order valence-corrected chi connectivity index (χ3v) is 4.19. The van der Waals surface area contributed by atoms with Crippen LogP contribution in [0.5, 0.6) is 0 Å². The molecule has 6 nitrogen and oxygen atoms in total. The highest BCUT2D eigenvalue weighted by Gasteiger charge is 2.43. The van der Waals surface area contributed by atoms with Crippen LogP contribution in [0.1, 0.15) is 73.6 Å². The topological polar surface area (TPSA) is 90.6 Å². The molecule has 0 spiro atoms. The first-order chi connectivity index (χ1) is 12.5. The number of carbonyl (C=O) groups excluding carboxylic acids is 2. The first-order valence-corrected chi connectivity index (χ1v) is 9.89. The molecule has 2 unspecified atom stereocenters. The fraction of sp³-hybridized carbons (Fsp3) is 0.714. The maximum absolute atomic E-state index is 12.9. The molecule has 0 saturated heterocycles. The van der Waals surface area contributed by atoms with Gasteiger partial charge in [0.25, 0.3) is 0 Å². The van der Waals surface area contributed by atoms with Crippen LogP contribution in [0, 0.1) is 5.92 Å². The van der Waals surface area contributed by atoms with Gasteiger partial charge < -0.3 is 14.8 Å². The molecule has 0 aromatic rings. The SMILES string of the molecule is CCCCOC1(N)C=C(NC(C)=O)C(CCCC)=CC1C(=O)OC(C)(C)C. The van der Waals surface area contributed by atoms with Crippen LogP contribution < -0.4 is 11.1 Å². The zero-order valence-electron chi connectivity index (χ0n) is 17.7. The lowest BCUT2D eigenvalue weighted by Crippen LogP contribution is -2.54. The largest absolute Gasteiger partial charge is 0.459 e. The van der Waals surface area contributed by atoms with E-state index >= 15 is 0 Å². The summed E-state index contributed by atoms with van der Waals surface area (Å²) in [6.07, 6.45) is 7.95. The first kappa shape index (κ1) is 23.4. The lowest BCUT2D eigenvalue weighted by molar-refractivity contribution is -0.167. The van der Waals surface area contributed by atoms with Crippen LogP contribution in [0.2, 0.25) is 0 Å². The van der Waals surface area contributed by atoms with E-state index in [9.17, 15) is 9.59 Å². The first-order valence-electron chi connectivity index (χ1n) is 9.89. The Labute approximate surface area is 163 Å². The fourth-order valence-electron chi connectivity index (χ4n) is 2.86. The molecule has 154 valence electrons. The normalized spacial score (nSPS) is 22.7. The minimum Gasteiger partial charge on any atom is -0.459 e. The molecule has 0 bridgehead atoms. The molecule has 0 heterocycles. The van der Waals surface area contributed by atoms with Gasteiger partial charge in [0.15, 0.2) is 5.72 Å². The van der Waals surface area contributed by atoms with Crippen molar-refractivity contribution in [3.05, 3.63) is 23.4 Å². The molecule has 1 rings (SSSR count). The summed E-state index contributed by atoms with van der Waals surface area (Å²) in [5.74, 6) is -1.37. The van der Waals surface area contributed by atoms with Crippen molar-refractivity contribution in [2.75, 3.05) is 6.61 Å². The Hall–Kier alpha value is -1.66. The molecule has 1 aliphatic rings. The zero-order chi connectivity index (χ0) is 20.7. The standard InChI is InChI=1S/C21H36N2O4/c1-7-9-11-16-13-17(19(25)27-20(4,5)6)21(22,26-12-10-8-2)14-18(16)23-15(3)24/h13-14,17H,7-12,22H2,1-6H3,(H,23,24). The van der Waals surface area contributed by atoms with Gasteiger partial charge in [0.1, 0.15) is 11.5 Å². The van der Waals surface area contributed by atoms with Crippen LogP contribution in [0.25, 0.3) is 0 Å². The Morgan fingerprint density at radius 3 is 2.37 bits per heavy atom. The quantitative estimate of drug-likeness (QED) is 0.362. The van der Waals surface area contributed by atoms with E-state index in [-0.39, 0.29) is 5.91 Å². The van der Waals surface area contributed by atoms with Crippen LogP contribution in [0.3, 0.4) is 0 Å². The monoisotopic (exact) mass is 380 g/mol. The maximum Gasteiger partial charge on any atom is 0.318 e. The van der Waals surface area contributed by atoms with Gasteiger partial charge in [0, 0.05) is 19.2 Å². The zero-order valence-corrected chi connectivity index (χ0v) is 17.7. The van der Waals surface area contributed by atoms with Gasteiger partial charge in [-0.15, -0.1) is 0 Å². The highest BCUT2D eigenvalue weighted by atomic mass is 16.6. The number of allylic oxidation sites excluding steroid dienone is 1. The molecule has 2 atom stereocenters. The van der Waals surface area contributed by atoms with Gasteiger partial charge in [0.2, 0.25) is 5.91 Å². The van der Waals surface area contributed by atoms with E-state index in [1.165, 1.54) is 6.92 Å². The van der Waals surface area contributed by atoms with Crippen molar-refractivity contribution in [2.45, 2.75) is 85.0 Å². The van der Waals surface area contributed by atoms with Crippen molar-refractivity contribution < 1.29 is 19.1 Å². The van der Waals surface area contributed by atoms with E-state index in [0.29, 0.717) is 12.3 Å². The predicted molar refractivity (Wildman–Crippen MR) is 107 cm³/mol. The molecule has 27 heavy (non-hydrogen) atoms. The summed E-state index contributed by atoms with van der Waals surface area (Å²) >= 11 is 0. The van der Waals surface area contributed by atoms with Gasteiger partial charge in [-0.05, 0) is 51.7 Å². The smallest absolute Gasteiger partial charge is 0.318 e. The Kier molecular flexibility index (Phi) is 8.69. The predicted octanol–water partition coefficient (Wildman–Crippen LogP) is 3.57. The van der Waals surface area contributed by atoms with Gasteiger partial charge in [-0.25, -0.2) is 0 Å². The fourth-order valence-corrected chi connectivity index (χ4v) is 2.86. The van der Waals surface area contributed by atoms with E-state index < -0.39 is 23.2 Å². The number of rotatable bonds is 9.